The van der Waals surface area contributed by atoms with Gasteiger partial charge in [-0.3, -0.25) is 9.59 Å². The Morgan fingerprint density at radius 2 is 1.96 bits per heavy atom. The Bertz CT molecular complexity index is 955. The summed E-state index contributed by atoms with van der Waals surface area (Å²) in [6.45, 7) is 0. The number of rotatable bonds is 5. The molecule has 6 heteroatoms. The van der Waals surface area contributed by atoms with E-state index < -0.39 is 0 Å². The number of carbonyl (C=O) groups excluding carboxylic acids is 2. The van der Waals surface area contributed by atoms with Crippen LogP contribution >= 0.6 is 0 Å². The molecule has 27 heavy (non-hydrogen) atoms. The Balaban J connectivity index is 1.61. The normalized spacial score (nSPS) is 16.7. The van der Waals surface area contributed by atoms with Crippen LogP contribution in [0.3, 0.4) is 0 Å². The number of para-hydroxylation sites is 1. The first-order valence-electron chi connectivity index (χ1n) is 8.61. The standard InChI is InChI=1S/C21H18O6/c1-24-16-5-3-4-13(20(16)25-2)10-18-19(22)15-9-8-14(11-17(15)27-18)26-21(23)12-6-7-12/h3-5,8-12H,6-7H2,1-2H3/b18-10+. The van der Waals surface area contributed by atoms with Gasteiger partial charge in [0.1, 0.15) is 11.5 Å². The number of carbonyl (C=O) groups is 2. The second-order valence-electron chi connectivity index (χ2n) is 6.38. The van der Waals surface area contributed by atoms with Crippen molar-refractivity contribution in [3.05, 3.63) is 53.3 Å². The molecule has 4 rings (SSSR count). The number of allylic oxidation sites excluding steroid dienone is 1. The Labute approximate surface area is 156 Å². The fraction of sp³-hybridized carbons (Fsp3) is 0.238. The molecule has 0 radical (unpaired) electrons. The molecule has 6 nitrogen and oxygen atoms in total. The van der Waals surface area contributed by atoms with Gasteiger partial charge in [0.2, 0.25) is 5.78 Å². The topological polar surface area (TPSA) is 71.1 Å². The molecule has 0 atom stereocenters. The Hall–Kier alpha value is -3.28. The molecule has 2 aromatic rings. The third-order valence-corrected chi connectivity index (χ3v) is 4.49. The summed E-state index contributed by atoms with van der Waals surface area (Å²) in [6.07, 6.45) is 3.35. The lowest BCUT2D eigenvalue weighted by Crippen LogP contribution is -2.09. The molecule has 0 saturated heterocycles. The molecule has 0 aromatic heterocycles. The Morgan fingerprint density at radius 3 is 2.67 bits per heavy atom. The van der Waals surface area contributed by atoms with Crippen molar-refractivity contribution in [3.63, 3.8) is 0 Å². The van der Waals surface area contributed by atoms with Crippen molar-refractivity contribution in [2.45, 2.75) is 12.8 Å². The number of Topliss-reactive ketones (excluding diaryl/α,β-unsaturated/α-hetero) is 1. The largest absolute Gasteiger partial charge is 0.493 e. The number of ketones is 1. The maximum absolute atomic E-state index is 12.6. The lowest BCUT2D eigenvalue weighted by atomic mass is 10.1. The molecule has 1 fully saturated rings. The third kappa shape index (κ3) is 3.26. The second-order valence-corrected chi connectivity index (χ2v) is 6.38. The van der Waals surface area contributed by atoms with Crippen LogP contribution in [0, 0.1) is 5.92 Å². The molecule has 2 aromatic carbocycles. The molecule has 0 amide bonds. The fourth-order valence-corrected chi connectivity index (χ4v) is 2.92. The number of ether oxygens (including phenoxy) is 4. The maximum Gasteiger partial charge on any atom is 0.314 e. The molecule has 0 bridgehead atoms. The van der Waals surface area contributed by atoms with Crippen LogP contribution in [0.4, 0.5) is 0 Å². The molecule has 1 heterocycles. The van der Waals surface area contributed by atoms with Crippen molar-refractivity contribution >= 4 is 17.8 Å². The van der Waals surface area contributed by atoms with Crippen LogP contribution in [0.25, 0.3) is 6.08 Å². The van der Waals surface area contributed by atoms with Gasteiger partial charge in [0.25, 0.3) is 0 Å². The molecule has 138 valence electrons. The van der Waals surface area contributed by atoms with Gasteiger partial charge in [-0.05, 0) is 37.1 Å². The Kier molecular flexibility index (Phi) is 4.32. The van der Waals surface area contributed by atoms with Crippen LogP contribution in [0.15, 0.2) is 42.2 Å². The molecule has 0 N–H and O–H groups in total. The average Bonchev–Trinajstić information content (AvgIpc) is 3.48. The molecule has 1 aliphatic heterocycles. The van der Waals surface area contributed by atoms with Gasteiger partial charge in [0.15, 0.2) is 17.3 Å². The number of benzene rings is 2. The van der Waals surface area contributed by atoms with Crippen LogP contribution in [0.5, 0.6) is 23.0 Å². The zero-order valence-electron chi connectivity index (χ0n) is 15.0. The summed E-state index contributed by atoms with van der Waals surface area (Å²) in [5.74, 6) is 1.50. The van der Waals surface area contributed by atoms with Crippen molar-refractivity contribution in [2.24, 2.45) is 5.92 Å². The van der Waals surface area contributed by atoms with E-state index in [2.05, 4.69) is 0 Å². The summed E-state index contributed by atoms with van der Waals surface area (Å²) in [5, 5.41) is 0. The number of esters is 1. The van der Waals surface area contributed by atoms with E-state index in [1.54, 1.807) is 49.6 Å². The zero-order valence-corrected chi connectivity index (χ0v) is 15.0. The van der Waals surface area contributed by atoms with Gasteiger partial charge in [-0.1, -0.05) is 12.1 Å². The van der Waals surface area contributed by atoms with Crippen LogP contribution in [-0.2, 0) is 4.79 Å². The van der Waals surface area contributed by atoms with Gasteiger partial charge in [-0.25, -0.2) is 0 Å². The summed E-state index contributed by atoms with van der Waals surface area (Å²) in [4.78, 5) is 24.4. The second kappa shape index (κ2) is 6.79. The van der Waals surface area contributed by atoms with E-state index in [-0.39, 0.29) is 23.4 Å². The Morgan fingerprint density at radius 1 is 1.15 bits per heavy atom. The van der Waals surface area contributed by atoms with Gasteiger partial charge >= 0.3 is 5.97 Å². The fourth-order valence-electron chi connectivity index (χ4n) is 2.92. The van der Waals surface area contributed by atoms with Crippen molar-refractivity contribution in [3.8, 4) is 23.0 Å². The first kappa shape index (κ1) is 17.1. The van der Waals surface area contributed by atoms with E-state index in [4.69, 9.17) is 18.9 Å². The highest BCUT2D eigenvalue weighted by molar-refractivity contribution is 6.14. The van der Waals surface area contributed by atoms with Gasteiger partial charge in [0, 0.05) is 11.6 Å². The first-order valence-corrected chi connectivity index (χ1v) is 8.61. The monoisotopic (exact) mass is 366 g/mol. The van der Waals surface area contributed by atoms with Gasteiger partial charge in [0.05, 0.1) is 25.7 Å². The highest BCUT2D eigenvalue weighted by atomic mass is 16.5. The van der Waals surface area contributed by atoms with E-state index in [1.165, 1.54) is 7.11 Å². The van der Waals surface area contributed by atoms with Gasteiger partial charge in [-0.15, -0.1) is 0 Å². The van der Waals surface area contributed by atoms with Crippen molar-refractivity contribution in [2.75, 3.05) is 14.2 Å². The van der Waals surface area contributed by atoms with Gasteiger partial charge < -0.3 is 18.9 Å². The van der Waals surface area contributed by atoms with Crippen LogP contribution in [0.2, 0.25) is 0 Å². The van der Waals surface area contributed by atoms with Crippen molar-refractivity contribution in [1.29, 1.82) is 0 Å². The molecular weight excluding hydrogens is 348 g/mol. The van der Waals surface area contributed by atoms with E-state index in [1.807, 2.05) is 0 Å². The SMILES string of the molecule is COc1cccc(/C=C2/Oc3cc(OC(=O)C4CC4)ccc3C2=O)c1OC. The number of methoxy groups -OCH3 is 2. The van der Waals surface area contributed by atoms with Gasteiger partial charge in [-0.2, -0.15) is 0 Å². The average molecular weight is 366 g/mol. The summed E-state index contributed by atoms with van der Waals surface area (Å²) in [7, 11) is 3.08. The highest BCUT2D eigenvalue weighted by Crippen LogP contribution is 2.38. The van der Waals surface area contributed by atoms with Crippen LogP contribution < -0.4 is 18.9 Å². The number of fused-ring (bicyclic) bond motifs is 1. The van der Waals surface area contributed by atoms with Crippen LogP contribution in [-0.4, -0.2) is 26.0 Å². The minimum absolute atomic E-state index is 0.00297. The molecule has 0 spiro atoms. The molecule has 2 aliphatic rings. The first-order chi connectivity index (χ1) is 13.1. The summed E-state index contributed by atoms with van der Waals surface area (Å²) in [6, 6.07) is 10.2. The number of hydrogen-bond donors (Lipinski definition) is 0. The lowest BCUT2D eigenvalue weighted by Gasteiger charge is -2.10. The molecule has 1 saturated carbocycles. The summed E-state index contributed by atoms with van der Waals surface area (Å²) in [5.41, 5.74) is 1.09. The van der Waals surface area contributed by atoms with Crippen molar-refractivity contribution in [1.82, 2.24) is 0 Å². The quantitative estimate of drug-likeness (QED) is 0.457. The predicted octanol–water partition coefficient (Wildman–Crippen LogP) is 3.64. The van der Waals surface area contributed by atoms with E-state index in [0.29, 0.717) is 34.1 Å². The number of hydrogen-bond acceptors (Lipinski definition) is 6. The lowest BCUT2D eigenvalue weighted by molar-refractivity contribution is -0.135. The van der Waals surface area contributed by atoms with E-state index in [9.17, 15) is 9.59 Å². The smallest absolute Gasteiger partial charge is 0.314 e. The minimum atomic E-state index is -0.241. The van der Waals surface area contributed by atoms with Crippen molar-refractivity contribution < 1.29 is 28.5 Å². The summed E-state index contributed by atoms with van der Waals surface area (Å²) >= 11 is 0. The minimum Gasteiger partial charge on any atom is -0.493 e. The zero-order chi connectivity index (χ0) is 19.0. The highest BCUT2D eigenvalue weighted by Gasteiger charge is 2.33. The molecular formula is C21H18O6. The predicted molar refractivity (Wildman–Crippen MR) is 97.3 cm³/mol. The maximum atomic E-state index is 12.6. The van der Waals surface area contributed by atoms with Crippen LogP contribution in [0.1, 0.15) is 28.8 Å². The third-order valence-electron chi connectivity index (χ3n) is 4.49. The van der Waals surface area contributed by atoms with E-state index in [0.717, 1.165) is 12.8 Å². The molecule has 0 unspecified atom stereocenters. The summed E-state index contributed by atoms with van der Waals surface area (Å²) < 4.78 is 21.7. The molecule has 1 aliphatic carbocycles. The van der Waals surface area contributed by atoms with E-state index >= 15 is 0 Å².